The van der Waals surface area contributed by atoms with Gasteiger partial charge in [0.05, 0.1) is 16.9 Å². The molecule has 8 bridgehead atoms. The Kier molecular flexibility index (Phi) is 8.14. The Morgan fingerprint density at radius 3 is 0.962 bits per heavy atom. The van der Waals surface area contributed by atoms with Gasteiger partial charge in [-0.1, -0.05) is 135 Å². The molecule has 0 fully saturated rings. The van der Waals surface area contributed by atoms with E-state index >= 15 is 0 Å². The van der Waals surface area contributed by atoms with Crippen LogP contribution in [0.4, 0.5) is 0 Å². The number of aromatic nitrogens is 4. The number of nitrogens with one attached hydrogen (secondary N) is 3. The summed E-state index contributed by atoms with van der Waals surface area (Å²) in [5.41, 5.74) is 18.9. The van der Waals surface area contributed by atoms with E-state index in [1.165, 1.54) is 16.7 Å². The number of fused-ring (bicyclic) bond motifs is 9. The molecule has 8 rings (SSSR count). The fourth-order valence-corrected chi connectivity index (χ4v) is 7.48. The van der Waals surface area contributed by atoms with Crippen LogP contribution in [0.25, 0.3) is 78.6 Å². The van der Waals surface area contributed by atoms with Gasteiger partial charge >= 0.3 is 0 Å². The molecule has 1 aliphatic heterocycles. The molecular formula is C49H50N4. The van der Waals surface area contributed by atoms with Crippen molar-refractivity contribution in [2.24, 2.45) is 0 Å². The molecule has 53 heavy (non-hydrogen) atoms. The van der Waals surface area contributed by atoms with E-state index in [9.17, 15) is 0 Å². The number of H-pyrrole nitrogens is 3. The molecule has 0 spiro atoms. The van der Waals surface area contributed by atoms with E-state index < -0.39 is 0 Å². The van der Waals surface area contributed by atoms with Crippen LogP contribution in [-0.2, 0) is 16.2 Å². The first-order valence-electron chi connectivity index (χ1n) is 18.8. The average molecular weight is 695 g/mol. The molecule has 0 saturated heterocycles. The van der Waals surface area contributed by atoms with Crippen molar-refractivity contribution in [3.8, 4) is 33.4 Å². The van der Waals surface area contributed by atoms with Crippen molar-refractivity contribution in [1.29, 1.82) is 0 Å². The number of rotatable bonds is 3. The van der Waals surface area contributed by atoms with Gasteiger partial charge in [0, 0.05) is 44.3 Å². The minimum atomic E-state index is 0.0588. The molecule has 3 aromatic carbocycles. The summed E-state index contributed by atoms with van der Waals surface area (Å²) in [5.74, 6) is 0. The van der Waals surface area contributed by atoms with E-state index in [1.54, 1.807) is 0 Å². The summed E-state index contributed by atoms with van der Waals surface area (Å²) in [7, 11) is 0. The molecule has 0 atom stereocenters. The van der Waals surface area contributed by atoms with Crippen molar-refractivity contribution in [1.82, 2.24) is 19.9 Å². The Balaban J connectivity index is 1.47. The Morgan fingerprint density at radius 1 is 0.321 bits per heavy atom. The largest absolute Gasteiger partial charge is 0.354 e. The number of hydrogen-bond acceptors (Lipinski definition) is 1. The first-order chi connectivity index (χ1) is 25.1. The third-order valence-corrected chi connectivity index (χ3v) is 10.7. The van der Waals surface area contributed by atoms with Crippen LogP contribution < -0.4 is 0 Å². The number of aromatic amines is 3. The van der Waals surface area contributed by atoms with Crippen molar-refractivity contribution in [3.63, 3.8) is 0 Å². The summed E-state index contributed by atoms with van der Waals surface area (Å²) >= 11 is 0. The van der Waals surface area contributed by atoms with Crippen molar-refractivity contribution >= 4 is 45.3 Å². The smallest absolute Gasteiger partial charge is 0.0872 e. The lowest BCUT2D eigenvalue weighted by atomic mass is 9.86. The zero-order chi connectivity index (χ0) is 37.3. The van der Waals surface area contributed by atoms with Gasteiger partial charge in [-0.2, -0.15) is 0 Å². The van der Waals surface area contributed by atoms with Gasteiger partial charge in [-0.15, -0.1) is 0 Å². The minimum Gasteiger partial charge on any atom is -0.354 e. The monoisotopic (exact) mass is 694 g/mol. The van der Waals surface area contributed by atoms with E-state index in [0.717, 1.165) is 77.9 Å². The molecule has 0 saturated carbocycles. The lowest BCUT2D eigenvalue weighted by Gasteiger charge is -2.19. The van der Waals surface area contributed by atoms with Gasteiger partial charge in [0.2, 0.25) is 0 Å². The van der Waals surface area contributed by atoms with Crippen molar-refractivity contribution < 1.29 is 0 Å². The molecule has 7 aromatic rings. The first kappa shape index (κ1) is 34.5. The summed E-state index contributed by atoms with van der Waals surface area (Å²) < 4.78 is 0. The summed E-state index contributed by atoms with van der Waals surface area (Å²) in [5, 5.41) is 0. The molecule has 4 nitrogen and oxygen atoms in total. The van der Waals surface area contributed by atoms with Gasteiger partial charge in [0.15, 0.2) is 0 Å². The highest BCUT2D eigenvalue weighted by Crippen LogP contribution is 2.37. The van der Waals surface area contributed by atoms with Crippen molar-refractivity contribution in [3.05, 3.63) is 137 Å². The second kappa shape index (κ2) is 12.5. The zero-order valence-corrected chi connectivity index (χ0v) is 32.5. The Labute approximate surface area is 313 Å². The van der Waals surface area contributed by atoms with E-state index in [1.807, 2.05) is 0 Å². The Hall–Kier alpha value is -5.61. The fraction of sp³-hybridized carbons (Fsp3) is 0.245. The van der Waals surface area contributed by atoms with Crippen LogP contribution in [0, 0.1) is 0 Å². The third kappa shape index (κ3) is 6.52. The topological polar surface area (TPSA) is 60.3 Å². The molecule has 0 amide bonds. The number of nitrogens with zero attached hydrogens (tertiary/aromatic N) is 1. The highest BCUT2D eigenvalue weighted by atomic mass is 14.8. The highest BCUT2D eigenvalue weighted by molar-refractivity contribution is 6.00. The molecule has 5 heterocycles. The average Bonchev–Trinajstić information content (AvgIpc) is 3.94. The van der Waals surface area contributed by atoms with Crippen LogP contribution in [0.5, 0.6) is 0 Å². The van der Waals surface area contributed by atoms with Gasteiger partial charge in [0.25, 0.3) is 0 Å². The summed E-state index contributed by atoms with van der Waals surface area (Å²) in [6.45, 7) is 20.3. The summed E-state index contributed by atoms with van der Waals surface area (Å²) in [6, 6.07) is 40.3. The molecule has 0 aliphatic carbocycles. The predicted octanol–water partition coefficient (Wildman–Crippen LogP) is 13.6. The quantitative estimate of drug-likeness (QED) is 0.169. The SMILES string of the molecule is CC(C)(C)c1ccc(-c2c3nc(c4ccc([nH]4)c(-c4ccc(C(C)(C)C)cc4)c4ccc([nH]4)c(-c4ccc(C(C)(C)C)cc4)c4ccc2[nH]4)C=C3)cc1. The van der Waals surface area contributed by atoms with Crippen LogP contribution in [-0.4, -0.2) is 19.9 Å². The lowest BCUT2D eigenvalue weighted by Crippen LogP contribution is -2.10. The maximum Gasteiger partial charge on any atom is 0.0872 e. The molecule has 4 aromatic heterocycles. The van der Waals surface area contributed by atoms with E-state index in [0.29, 0.717) is 0 Å². The molecule has 0 radical (unpaired) electrons. The summed E-state index contributed by atoms with van der Waals surface area (Å²) in [6.07, 6.45) is 4.28. The standard InChI is InChI=1S/C49H50N4/c1-47(2,3)33-16-10-30(11-17-33)44-38-24-22-36(50-38)37-23-25-39(51-37)45(31-12-18-34(19-13-31)48(4,5)6)41-27-29-43(53-41)46(42-28-26-40(44)52-42)32-14-20-35(21-15-32)49(7,8)9/h10-29,50,52-53H,1-9H3. The van der Waals surface area contributed by atoms with E-state index in [2.05, 4.69) is 199 Å². The van der Waals surface area contributed by atoms with Crippen molar-refractivity contribution in [2.45, 2.75) is 78.6 Å². The van der Waals surface area contributed by atoms with E-state index in [4.69, 9.17) is 4.98 Å². The van der Waals surface area contributed by atoms with Crippen LogP contribution in [0.2, 0.25) is 0 Å². The van der Waals surface area contributed by atoms with Crippen LogP contribution >= 0.6 is 0 Å². The van der Waals surface area contributed by atoms with Crippen LogP contribution in [0.1, 0.15) is 90.4 Å². The molecule has 3 N–H and O–H groups in total. The highest BCUT2D eigenvalue weighted by Gasteiger charge is 2.19. The van der Waals surface area contributed by atoms with Crippen LogP contribution in [0.15, 0.2) is 109 Å². The van der Waals surface area contributed by atoms with E-state index in [-0.39, 0.29) is 16.2 Å². The lowest BCUT2D eigenvalue weighted by molar-refractivity contribution is 0.590. The molecule has 266 valence electrons. The normalized spacial score (nSPS) is 12.9. The molecule has 0 unspecified atom stereocenters. The maximum absolute atomic E-state index is 5.28. The predicted molar refractivity (Wildman–Crippen MR) is 228 cm³/mol. The van der Waals surface area contributed by atoms with Gasteiger partial charge in [-0.05, 0) is 98.2 Å². The van der Waals surface area contributed by atoms with Crippen molar-refractivity contribution in [2.75, 3.05) is 0 Å². The second-order valence-electron chi connectivity index (χ2n) is 17.7. The zero-order valence-electron chi connectivity index (χ0n) is 32.5. The van der Waals surface area contributed by atoms with Crippen LogP contribution in [0.3, 0.4) is 0 Å². The fourth-order valence-electron chi connectivity index (χ4n) is 7.48. The van der Waals surface area contributed by atoms with Gasteiger partial charge < -0.3 is 15.0 Å². The molecule has 1 aliphatic rings. The first-order valence-corrected chi connectivity index (χ1v) is 18.8. The molecule has 4 heteroatoms. The van der Waals surface area contributed by atoms with Gasteiger partial charge in [-0.25, -0.2) is 4.98 Å². The summed E-state index contributed by atoms with van der Waals surface area (Å²) in [4.78, 5) is 16.8. The number of benzene rings is 3. The van der Waals surface area contributed by atoms with Gasteiger partial charge in [0.1, 0.15) is 0 Å². The molecular weight excluding hydrogens is 645 g/mol. The second-order valence-corrected chi connectivity index (χ2v) is 17.7. The third-order valence-electron chi connectivity index (χ3n) is 10.7. The van der Waals surface area contributed by atoms with Gasteiger partial charge in [-0.3, -0.25) is 0 Å². The Morgan fingerprint density at radius 2 is 0.604 bits per heavy atom. The maximum atomic E-state index is 5.28. The Bertz CT molecular complexity index is 2620. The minimum absolute atomic E-state index is 0.0588. The number of hydrogen-bond donors (Lipinski definition) is 3.